The number of carbonyl (C=O) groups excluding carboxylic acids is 1. The third kappa shape index (κ3) is 9.54. The quantitative estimate of drug-likeness (QED) is 0.415. The normalized spacial score (nSPS) is 21.6. The number of rotatable bonds is 9. The van der Waals surface area contributed by atoms with Gasteiger partial charge in [0.1, 0.15) is 11.5 Å². The van der Waals surface area contributed by atoms with Crippen molar-refractivity contribution in [3.8, 4) is 11.5 Å². The number of fused-ring (bicyclic) bond motifs is 1. The van der Waals surface area contributed by atoms with Gasteiger partial charge >= 0.3 is 0 Å². The Labute approximate surface area is 261 Å². The van der Waals surface area contributed by atoms with Crippen molar-refractivity contribution in [1.82, 2.24) is 9.21 Å². The topological polar surface area (TPSA) is 152 Å². The summed E-state index contributed by atoms with van der Waals surface area (Å²) in [5.41, 5.74) is 0.285. The molecule has 0 radical (unpaired) electrons. The van der Waals surface area contributed by atoms with Gasteiger partial charge in [-0.2, -0.15) is 0 Å². The lowest BCUT2D eigenvalue weighted by atomic mass is 10.0. The zero-order valence-corrected chi connectivity index (χ0v) is 27.9. The van der Waals surface area contributed by atoms with Gasteiger partial charge in [-0.25, -0.2) is 21.1 Å². The first-order valence-electron chi connectivity index (χ1n) is 14.6. The number of amides is 1. The number of nitrogens with one attached hydrogen (secondary N) is 1. The van der Waals surface area contributed by atoms with E-state index in [-0.39, 0.29) is 47.9 Å². The van der Waals surface area contributed by atoms with Gasteiger partial charge in [-0.3, -0.25) is 9.52 Å². The minimum Gasteiger partial charge on any atom is -0.497 e. The van der Waals surface area contributed by atoms with Crippen LogP contribution in [0.25, 0.3) is 0 Å². The number of methoxy groups -OCH3 is 1. The van der Waals surface area contributed by atoms with Crippen molar-refractivity contribution in [1.29, 1.82) is 0 Å². The van der Waals surface area contributed by atoms with Crippen molar-refractivity contribution in [3.63, 3.8) is 0 Å². The number of aliphatic hydroxyl groups excluding tert-OH is 1. The summed E-state index contributed by atoms with van der Waals surface area (Å²) >= 11 is 0. The van der Waals surface area contributed by atoms with Crippen LogP contribution < -0.4 is 14.2 Å². The zero-order valence-electron chi connectivity index (χ0n) is 26.2. The Morgan fingerprint density at radius 2 is 1.80 bits per heavy atom. The van der Waals surface area contributed by atoms with Gasteiger partial charge in [0.2, 0.25) is 10.0 Å². The van der Waals surface area contributed by atoms with E-state index in [1.54, 1.807) is 13.0 Å². The Kier molecular flexibility index (Phi) is 12.4. The summed E-state index contributed by atoms with van der Waals surface area (Å²) in [5.74, 6) is 0.00733. The van der Waals surface area contributed by atoms with Crippen LogP contribution >= 0.6 is 0 Å². The number of aliphatic hydroxyl groups is 1. The molecule has 0 spiro atoms. The van der Waals surface area contributed by atoms with Crippen LogP contribution in [0.1, 0.15) is 50.4 Å². The molecule has 2 aromatic rings. The molecule has 246 valence electrons. The summed E-state index contributed by atoms with van der Waals surface area (Å²) in [5, 5.41) is 10.1. The standard InChI is InChI=1S/C30H45N3O9S2/c1-21-18-33(22(2)20-34)30(35)27-17-24(31-44(38,39)26-13-11-25(40-5)12-14-26)10-15-28(27)42-23(3)9-7-8-16-41-29(21)19-32(4)43(6,36)37/h10-15,17,21-23,29,31,34H,7-9,16,18-20H2,1-6H3/t21-,22-,23+,29-/m1/s1. The number of ether oxygens (including phenoxy) is 3. The molecule has 1 heterocycles. The molecule has 3 rings (SSSR count). The Bertz CT molecular complexity index is 1470. The highest BCUT2D eigenvalue weighted by molar-refractivity contribution is 7.92. The number of carbonyl (C=O) groups is 1. The number of benzene rings is 2. The highest BCUT2D eigenvalue weighted by atomic mass is 32.2. The van der Waals surface area contributed by atoms with Crippen LogP contribution in [0.15, 0.2) is 47.4 Å². The summed E-state index contributed by atoms with van der Waals surface area (Å²) in [6, 6.07) is 9.84. The maximum absolute atomic E-state index is 14.2. The van der Waals surface area contributed by atoms with Crippen LogP contribution in [0.2, 0.25) is 0 Å². The van der Waals surface area contributed by atoms with E-state index >= 15 is 0 Å². The highest BCUT2D eigenvalue weighted by Crippen LogP contribution is 2.30. The first-order chi connectivity index (χ1) is 20.7. The average Bonchev–Trinajstić information content (AvgIpc) is 2.97. The van der Waals surface area contributed by atoms with Crippen molar-refractivity contribution in [2.45, 2.75) is 63.2 Å². The van der Waals surface area contributed by atoms with Crippen molar-refractivity contribution >= 4 is 31.6 Å². The van der Waals surface area contributed by atoms with Crippen molar-refractivity contribution in [2.24, 2.45) is 5.92 Å². The third-order valence-electron chi connectivity index (χ3n) is 7.68. The second-order valence-electron chi connectivity index (χ2n) is 11.3. The van der Waals surface area contributed by atoms with E-state index < -0.39 is 38.1 Å². The van der Waals surface area contributed by atoms with Crippen LogP contribution in [0, 0.1) is 5.92 Å². The minimum atomic E-state index is -4.00. The molecule has 0 unspecified atom stereocenters. The predicted octanol–water partition coefficient (Wildman–Crippen LogP) is 3.18. The average molecular weight is 656 g/mol. The molecule has 0 aliphatic carbocycles. The Morgan fingerprint density at radius 1 is 1.11 bits per heavy atom. The molecule has 0 saturated heterocycles. The molecule has 14 heteroatoms. The molecule has 0 bridgehead atoms. The number of hydrogen-bond acceptors (Lipinski definition) is 9. The molecule has 1 aliphatic rings. The SMILES string of the molecule is COc1ccc(S(=O)(=O)Nc2ccc3c(c2)C(=O)N([C@H](C)CO)C[C@@H](C)[C@@H](CN(C)S(C)(=O)=O)OCCCC[C@H](C)O3)cc1. The van der Waals surface area contributed by atoms with Gasteiger partial charge in [-0.15, -0.1) is 0 Å². The van der Waals surface area contributed by atoms with E-state index in [9.17, 15) is 26.7 Å². The molecule has 0 fully saturated rings. The van der Waals surface area contributed by atoms with E-state index in [0.717, 1.165) is 19.1 Å². The van der Waals surface area contributed by atoms with Crippen molar-refractivity contribution in [2.75, 3.05) is 51.4 Å². The summed E-state index contributed by atoms with van der Waals surface area (Å²) in [4.78, 5) is 15.7. The lowest BCUT2D eigenvalue weighted by molar-refractivity contribution is -0.00828. The van der Waals surface area contributed by atoms with Crippen LogP contribution in [-0.4, -0.2) is 102 Å². The fraction of sp³-hybridized carbons (Fsp3) is 0.567. The van der Waals surface area contributed by atoms with Gasteiger partial charge in [0.05, 0.1) is 48.7 Å². The maximum atomic E-state index is 14.2. The van der Waals surface area contributed by atoms with Crippen molar-refractivity contribution in [3.05, 3.63) is 48.0 Å². The van der Waals surface area contributed by atoms with Crippen LogP contribution in [0.3, 0.4) is 0 Å². The molecule has 0 saturated carbocycles. The smallest absolute Gasteiger partial charge is 0.261 e. The van der Waals surface area contributed by atoms with Crippen LogP contribution in [-0.2, 0) is 24.8 Å². The van der Waals surface area contributed by atoms with Crippen LogP contribution in [0.5, 0.6) is 11.5 Å². The largest absolute Gasteiger partial charge is 0.497 e. The summed E-state index contributed by atoms with van der Waals surface area (Å²) in [6.45, 7) is 5.78. The molecule has 1 aliphatic heterocycles. The third-order valence-corrected chi connectivity index (χ3v) is 10.4. The fourth-order valence-electron chi connectivity index (χ4n) is 4.81. The van der Waals surface area contributed by atoms with E-state index in [2.05, 4.69) is 4.72 Å². The van der Waals surface area contributed by atoms with Gasteiger partial charge in [-0.1, -0.05) is 6.92 Å². The summed E-state index contributed by atoms with van der Waals surface area (Å²) < 4.78 is 71.9. The van der Waals surface area contributed by atoms with Crippen molar-refractivity contribution < 1.29 is 40.9 Å². The molecule has 1 amide bonds. The number of nitrogens with zero attached hydrogens (tertiary/aromatic N) is 2. The first kappa shape index (κ1) is 35.6. The highest BCUT2D eigenvalue weighted by Gasteiger charge is 2.31. The van der Waals surface area contributed by atoms with Gasteiger partial charge in [0.25, 0.3) is 15.9 Å². The molecule has 4 atom stereocenters. The summed E-state index contributed by atoms with van der Waals surface area (Å²) in [6.07, 6.45) is 2.53. The van der Waals surface area contributed by atoms with Crippen LogP contribution in [0.4, 0.5) is 5.69 Å². The predicted molar refractivity (Wildman–Crippen MR) is 168 cm³/mol. The molecular formula is C30H45N3O9S2. The number of sulfonamides is 2. The fourth-order valence-corrected chi connectivity index (χ4v) is 6.27. The number of likely N-dealkylation sites (N-methyl/N-ethyl adjacent to an activating group) is 1. The minimum absolute atomic E-state index is 0.0176. The second-order valence-corrected chi connectivity index (χ2v) is 15.1. The first-order valence-corrected chi connectivity index (χ1v) is 17.9. The Morgan fingerprint density at radius 3 is 2.41 bits per heavy atom. The molecule has 44 heavy (non-hydrogen) atoms. The molecule has 2 aromatic carbocycles. The Hall–Kier alpha value is -2.91. The molecular weight excluding hydrogens is 610 g/mol. The van der Waals surface area contributed by atoms with Gasteiger partial charge in [-0.05, 0) is 75.6 Å². The lowest BCUT2D eigenvalue weighted by Gasteiger charge is -2.35. The second kappa shape index (κ2) is 15.4. The number of anilines is 1. The van der Waals surface area contributed by atoms with E-state index in [0.29, 0.717) is 24.5 Å². The molecule has 0 aromatic heterocycles. The number of hydrogen-bond donors (Lipinski definition) is 2. The summed E-state index contributed by atoms with van der Waals surface area (Å²) in [7, 11) is -4.49. The monoisotopic (exact) mass is 655 g/mol. The van der Waals surface area contributed by atoms with Gasteiger partial charge < -0.3 is 24.2 Å². The van der Waals surface area contributed by atoms with E-state index in [1.165, 1.54) is 59.8 Å². The van der Waals surface area contributed by atoms with E-state index in [1.807, 2.05) is 13.8 Å². The molecule has 12 nitrogen and oxygen atoms in total. The van der Waals surface area contributed by atoms with E-state index in [4.69, 9.17) is 14.2 Å². The Balaban J connectivity index is 2.02. The maximum Gasteiger partial charge on any atom is 0.261 e. The molecule has 2 N–H and O–H groups in total. The zero-order chi connectivity index (χ0) is 32.7. The lowest BCUT2D eigenvalue weighted by Crippen LogP contribution is -2.47. The van der Waals surface area contributed by atoms with Gasteiger partial charge in [0, 0.05) is 38.3 Å². The van der Waals surface area contributed by atoms with Gasteiger partial charge in [0.15, 0.2) is 0 Å².